The fourth-order valence-electron chi connectivity index (χ4n) is 3.14. The van der Waals surface area contributed by atoms with Gasteiger partial charge in [-0.2, -0.15) is 26.0 Å². The Kier molecular flexibility index (Phi) is 5.18. The number of nitrogens with zero attached hydrogens (tertiary/aromatic N) is 1. The van der Waals surface area contributed by atoms with Gasteiger partial charge in [0, 0.05) is 16.5 Å². The SMILES string of the molecule is Cc1ccc(S(=O)(=O)/N=C/c2c(-c3cccc(C(F)(F)F)c3)oc3ccccc23)cc1. The maximum Gasteiger partial charge on any atom is 0.416 e. The Morgan fingerprint density at radius 2 is 1.65 bits per heavy atom. The molecule has 0 aliphatic carbocycles. The van der Waals surface area contributed by atoms with Gasteiger partial charge in [0.25, 0.3) is 10.0 Å². The van der Waals surface area contributed by atoms with E-state index in [4.69, 9.17) is 4.42 Å². The molecular weight excluding hydrogens is 427 g/mol. The van der Waals surface area contributed by atoms with E-state index in [1.807, 2.05) is 6.92 Å². The summed E-state index contributed by atoms with van der Waals surface area (Å²) in [4.78, 5) is 0.0165. The molecule has 4 rings (SSSR count). The fraction of sp³-hybridized carbons (Fsp3) is 0.0870. The highest BCUT2D eigenvalue weighted by Crippen LogP contribution is 2.36. The molecule has 4 nitrogen and oxygen atoms in total. The van der Waals surface area contributed by atoms with E-state index in [-0.39, 0.29) is 21.8 Å². The zero-order chi connectivity index (χ0) is 22.2. The van der Waals surface area contributed by atoms with Gasteiger partial charge in [-0.05, 0) is 37.3 Å². The van der Waals surface area contributed by atoms with Crippen LogP contribution in [0.15, 0.2) is 86.5 Å². The monoisotopic (exact) mass is 443 g/mol. The molecule has 0 aliphatic rings. The molecule has 31 heavy (non-hydrogen) atoms. The van der Waals surface area contributed by atoms with Crippen molar-refractivity contribution in [2.45, 2.75) is 18.0 Å². The first kappa shape index (κ1) is 20.9. The molecule has 0 amide bonds. The highest BCUT2D eigenvalue weighted by molar-refractivity contribution is 7.90. The third kappa shape index (κ3) is 4.25. The molecule has 0 fully saturated rings. The van der Waals surface area contributed by atoms with E-state index < -0.39 is 21.8 Å². The molecular formula is C23H16F3NO3S. The van der Waals surface area contributed by atoms with Crippen LogP contribution in [0.5, 0.6) is 0 Å². The Hall–Kier alpha value is -3.39. The van der Waals surface area contributed by atoms with Gasteiger partial charge in [0.1, 0.15) is 11.3 Å². The Bertz CT molecular complexity index is 1390. The van der Waals surface area contributed by atoms with Gasteiger partial charge in [0.2, 0.25) is 0 Å². The van der Waals surface area contributed by atoms with Gasteiger partial charge in [-0.1, -0.05) is 48.0 Å². The van der Waals surface area contributed by atoms with E-state index in [1.165, 1.54) is 24.3 Å². The van der Waals surface area contributed by atoms with Crippen molar-refractivity contribution in [1.82, 2.24) is 0 Å². The summed E-state index contributed by atoms with van der Waals surface area (Å²) in [5.74, 6) is 0.107. The molecule has 0 N–H and O–H groups in total. The number of aryl methyl sites for hydroxylation is 1. The Labute approximate surface area is 176 Å². The molecule has 4 aromatic rings. The average molecular weight is 443 g/mol. The molecule has 8 heteroatoms. The number of rotatable bonds is 4. The number of halogens is 3. The van der Waals surface area contributed by atoms with Gasteiger partial charge < -0.3 is 4.42 Å². The summed E-state index contributed by atoms with van der Waals surface area (Å²) in [6.45, 7) is 1.83. The minimum atomic E-state index is -4.52. The predicted molar refractivity (Wildman–Crippen MR) is 113 cm³/mol. The maximum atomic E-state index is 13.2. The lowest BCUT2D eigenvalue weighted by Crippen LogP contribution is -2.04. The van der Waals surface area contributed by atoms with E-state index >= 15 is 0 Å². The largest absolute Gasteiger partial charge is 0.455 e. The Morgan fingerprint density at radius 1 is 0.935 bits per heavy atom. The lowest BCUT2D eigenvalue weighted by atomic mass is 10.0. The van der Waals surface area contributed by atoms with E-state index in [2.05, 4.69) is 4.40 Å². The van der Waals surface area contributed by atoms with Gasteiger partial charge in [0.05, 0.1) is 16.7 Å². The molecule has 0 saturated carbocycles. The predicted octanol–water partition coefficient (Wildman–Crippen LogP) is 6.23. The van der Waals surface area contributed by atoms with Crippen LogP contribution >= 0.6 is 0 Å². The summed E-state index contributed by atoms with van der Waals surface area (Å²) in [5.41, 5.74) is 0.922. The van der Waals surface area contributed by atoms with Gasteiger partial charge >= 0.3 is 6.18 Å². The third-order valence-electron chi connectivity index (χ3n) is 4.73. The fourth-order valence-corrected chi connectivity index (χ4v) is 3.98. The van der Waals surface area contributed by atoms with Crippen LogP contribution < -0.4 is 0 Å². The summed E-state index contributed by atoms with van der Waals surface area (Å²) in [6.07, 6.45) is -3.40. The van der Waals surface area contributed by atoms with Gasteiger partial charge in [-0.15, -0.1) is 0 Å². The standard InChI is InChI=1S/C23H16F3NO3S/c1-15-9-11-18(12-10-15)31(28,29)27-14-20-19-7-2-3-8-21(19)30-22(20)16-5-4-6-17(13-16)23(24,25)26/h2-14H,1H3/b27-14+. The first-order valence-corrected chi connectivity index (χ1v) is 10.7. The van der Waals surface area contributed by atoms with Crippen LogP contribution in [-0.2, 0) is 16.2 Å². The summed E-state index contributed by atoms with van der Waals surface area (Å²) in [5, 5.41) is 0.540. The summed E-state index contributed by atoms with van der Waals surface area (Å²) in [7, 11) is -4.00. The van der Waals surface area contributed by atoms with Crippen molar-refractivity contribution in [1.29, 1.82) is 0 Å². The molecule has 0 atom stereocenters. The van der Waals surface area contributed by atoms with Crippen molar-refractivity contribution in [2.24, 2.45) is 4.40 Å². The molecule has 0 aliphatic heterocycles. The minimum Gasteiger partial charge on any atom is -0.455 e. The van der Waals surface area contributed by atoms with Crippen LogP contribution in [0.25, 0.3) is 22.3 Å². The van der Waals surface area contributed by atoms with E-state index in [0.717, 1.165) is 23.9 Å². The van der Waals surface area contributed by atoms with Crippen LogP contribution in [0.1, 0.15) is 16.7 Å². The first-order valence-electron chi connectivity index (χ1n) is 9.21. The van der Waals surface area contributed by atoms with Crippen LogP contribution in [0.4, 0.5) is 13.2 Å². The zero-order valence-electron chi connectivity index (χ0n) is 16.2. The molecule has 0 radical (unpaired) electrons. The molecule has 1 heterocycles. The van der Waals surface area contributed by atoms with Gasteiger partial charge in [-0.25, -0.2) is 0 Å². The summed E-state index contributed by atoms with van der Waals surface area (Å²) in [6, 6.07) is 17.7. The van der Waals surface area contributed by atoms with Crippen LogP contribution in [0, 0.1) is 6.92 Å². The molecule has 0 unspecified atom stereocenters. The van der Waals surface area contributed by atoms with Crippen LogP contribution in [0.3, 0.4) is 0 Å². The number of hydrogen-bond acceptors (Lipinski definition) is 3. The van der Waals surface area contributed by atoms with E-state index in [1.54, 1.807) is 36.4 Å². The second kappa shape index (κ2) is 7.70. The zero-order valence-corrected chi connectivity index (χ0v) is 17.0. The second-order valence-corrected chi connectivity index (χ2v) is 8.57. The minimum absolute atomic E-state index is 0.0165. The quantitative estimate of drug-likeness (QED) is 0.351. The highest BCUT2D eigenvalue weighted by Gasteiger charge is 2.31. The molecule has 158 valence electrons. The van der Waals surface area contributed by atoms with Crippen LogP contribution in [-0.4, -0.2) is 14.6 Å². The van der Waals surface area contributed by atoms with Crippen LogP contribution in [0.2, 0.25) is 0 Å². The number of para-hydroxylation sites is 1. The number of fused-ring (bicyclic) bond motifs is 1. The molecule has 0 bridgehead atoms. The molecule has 3 aromatic carbocycles. The first-order chi connectivity index (χ1) is 14.6. The molecule has 0 spiro atoms. The summed E-state index contributed by atoms with van der Waals surface area (Å²) >= 11 is 0. The number of hydrogen-bond donors (Lipinski definition) is 0. The van der Waals surface area contributed by atoms with Crippen molar-refractivity contribution in [2.75, 3.05) is 0 Å². The van der Waals surface area contributed by atoms with E-state index in [9.17, 15) is 21.6 Å². The molecule has 0 saturated heterocycles. The lowest BCUT2D eigenvalue weighted by molar-refractivity contribution is -0.137. The van der Waals surface area contributed by atoms with Crippen molar-refractivity contribution < 1.29 is 26.0 Å². The Morgan fingerprint density at radius 3 is 2.35 bits per heavy atom. The Balaban J connectivity index is 1.85. The number of sulfonamides is 1. The average Bonchev–Trinajstić information content (AvgIpc) is 3.11. The van der Waals surface area contributed by atoms with Crippen molar-refractivity contribution in [3.05, 3.63) is 89.5 Å². The van der Waals surface area contributed by atoms with Crippen molar-refractivity contribution in [3.8, 4) is 11.3 Å². The van der Waals surface area contributed by atoms with Gasteiger partial charge in [-0.3, -0.25) is 0 Å². The van der Waals surface area contributed by atoms with Crippen molar-refractivity contribution >= 4 is 27.2 Å². The van der Waals surface area contributed by atoms with E-state index in [0.29, 0.717) is 11.0 Å². The smallest absolute Gasteiger partial charge is 0.416 e. The molecule has 1 aromatic heterocycles. The number of alkyl halides is 3. The lowest BCUT2D eigenvalue weighted by Gasteiger charge is -2.08. The van der Waals surface area contributed by atoms with Gasteiger partial charge in [0.15, 0.2) is 0 Å². The highest BCUT2D eigenvalue weighted by atomic mass is 32.2. The normalized spacial score (nSPS) is 12.6. The number of benzene rings is 3. The number of furan rings is 1. The maximum absolute atomic E-state index is 13.2. The third-order valence-corrected chi connectivity index (χ3v) is 5.98. The second-order valence-electron chi connectivity index (χ2n) is 6.94. The summed E-state index contributed by atoms with van der Waals surface area (Å²) < 4.78 is 74.3. The topological polar surface area (TPSA) is 59.6 Å². The van der Waals surface area contributed by atoms with Crippen molar-refractivity contribution in [3.63, 3.8) is 0 Å².